The van der Waals surface area contributed by atoms with Crippen LogP contribution in [0.25, 0.3) is 10.9 Å². The van der Waals surface area contributed by atoms with Gasteiger partial charge in [0.2, 0.25) is 5.95 Å². The van der Waals surface area contributed by atoms with E-state index in [0.29, 0.717) is 37.5 Å². The third-order valence-corrected chi connectivity index (χ3v) is 3.12. The summed E-state index contributed by atoms with van der Waals surface area (Å²) >= 11 is 0. The summed E-state index contributed by atoms with van der Waals surface area (Å²) in [5.41, 5.74) is 6.73. The summed E-state index contributed by atoms with van der Waals surface area (Å²) in [6.07, 6.45) is 0. The topological polar surface area (TPSA) is 81.3 Å². The average molecular weight is 258 g/mol. The SMILES string of the molecule is Nc1nc(C(=O)N2CCOCC2)c2ccccc2n1. The van der Waals surface area contributed by atoms with E-state index < -0.39 is 0 Å². The quantitative estimate of drug-likeness (QED) is 0.813. The normalized spacial score (nSPS) is 15.7. The lowest BCUT2D eigenvalue weighted by molar-refractivity contribution is 0.0300. The lowest BCUT2D eigenvalue weighted by Crippen LogP contribution is -2.41. The average Bonchev–Trinajstić information content (AvgIpc) is 2.46. The lowest BCUT2D eigenvalue weighted by Gasteiger charge is -2.26. The summed E-state index contributed by atoms with van der Waals surface area (Å²) in [5, 5.41) is 0.730. The van der Waals surface area contributed by atoms with Crippen LogP contribution in [-0.2, 0) is 4.74 Å². The van der Waals surface area contributed by atoms with Gasteiger partial charge in [-0.1, -0.05) is 18.2 Å². The number of hydrogen-bond donors (Lipinski definition) is 1. The Morgan fingerprint density at radius 2 is 1.95 bits per heavy atom. The molecule has 1 aromatic carbocycles. The number of amides is 1. The van der Waals surface area contributed by atoms with Gasteiger partial charge in [-0.25, -0.2) is 9.97 Å². The van der Waals surface area contributed by atoms with E-state index in [1.807, 2.05) is 24.3 Å². The molecule has 0 radical (unpaired) electrons. The van der Waals surface area contributed by atoms with Gasteiger partial charge < -0.3 is 15.4 Å². The molecule has 0 atom stereocenters. The first kappa shape index (κ1) is 11.9. The molecular formula is C13H14N4O2. The molecule has 0 bridgehead atoms. The summed E-state index contributed by atoms with van der Waals surface area (Å²) < 4.78 is 5.25. The molecule has 6 heteroatoms. The van der Waals surface area contributed by atoms with E-state index in [4.69, 9.17) is 10.5 Å². The fourth-order valence-corrected chi connectivity index (χ4v) is 2.17. The number of hydrogen-bond acceptors (Lipinski definition) is 5. The van der Waals surface area contributed by atoms with Crippen LogP contribution in [0, 0.1) is 0 Å². The highest BCUT2D eigenvalue weighted by atomic mass is 16.5. The van der Waals surface area contributed by atoms with Gasteiger partial charge in [-0.3, -0.25) is 4.79 Å². The van der Waals surface area contributed by atoms with Crippen molar-refractivity contribution in [2.45, 2.75) is 0 Å². The monoisotopic (exact) mass is 258 g/mol. The molecule has 19 heavy (non-hydrogen) atoms. The predicted octanol–water partition coefficient (Wildman–Crippen LogP) is 0.684. The second-order valence-corrected chi connectivity index (χ2v) is 4.35. The van der Waals surface area contributed by atoms with Crippen LogP contribution in [0.1, 0.15) is 10.5 Å². The highest BCUT2D eigenvalue weighted by Crippen LogP contribution is 2.18. The van der Waals surface area contributed by atoms with Crippen LogP contribution >= 0.6 is 0 Å². The molecule has 1 aromatic heterocycles. The van der Waals surface area contributed by atoms with Crippen molar-refractivity contribution in [3.63, 3.8) is 0 Å². The number of nitrogens with zero attached hydrogens (tertiary/aromatic N) is 3. The Kier molecular flexibility index (Phi) is 3.00. The van der Waals surface area contributed by atoms with Crippen molar-refractivity contribution in [2.24, 2.45) is 0 Å². The number of rotatable bonds is 1. The number of ether oxygens (including phenoxy) is 1. The van der Waals surface area contributed by atoms with E-state index in [-0.39, 0.29) is 11.9 Å². The lowest BCUT2D eigenvalue weighted by atomic mass is 10.1. The summed E-state index contributed by atoms with van der Waals surface area (Å²) in [6.45, 7) is 2.28. The van der Waals surface area contributed by atoms with Gasteiger partial charge in [0.1, 0.15) is 5.69 Å². The van der Waals surface area contributed by atoms with E-state index >= 15 is 0 Å². The number of para-hydroxylation sites is 1. The standard InChI is InChI=1S/C13H14N4O2/c14-13-15-10-4-2-1-3-9(10)11(16-13)12(18)17-5-7-19-8-6-17/h1-4H,5-8H2,(H2,14,15,16). The third-order valence-electron chi connectivity index (χ3n) is 3.12. The van der Waals surface area contributed by atoms with Crippen molar-refractivity contribution in [2.75, 3.05) is 32.0 Å². The Morgan fingerprint density at radius 3 is 2.74 bits per heavy atom. The number of carbonyl (C=O) groups excluding carboxylic acids is 1. The number of nitrogens with two attached hydrogens (primary N) is 1. The molecule has 0 saturated carbocycles. The number of carbonyl (C=O) groups is 1. The largest absolute Gasteiger partial charge is 0.378 e. The number of morpholine rings is 1. The van der Waals surface area contributed by atoms with Gasteiger partial charge in [-0.2, -0.15) is 0 Å². The van der Waals surface area contributed by atoms with E-state index in [1.54, 1.807) is 4.90 Å². The zero-order valence-corrected chi connectivity index (χ0v) is 10.4. The van der Waals surface area contributed by atoms with Gasteiger partial charge in [-0.05, 0) is 6.07 Å². The summed E-state index contributed by atoms with van der Waals surface area (Å²) in [7, 11) is 0. The van der Waals surface area contributed by atoms with Gasteiger partial charge >= 0.3 is 0 Å². The smallest absolute Gasteiger partial charge is 0.273 e. The van der Waals surface area contributed by atoms with Crippen molar-refractivity contribution in [3.05, 3.63) is 30.0 Å². The molecule has 6 nitrogen and oxygen atoms in total. The van der Waals surface area contributed by atoms with Crippen LogP contribution < -0.4 is 5.73 Å². The number of benzene rings is 1. The number of aromatic nitrogens is 2. The van der Waals surface area contributed by atoms with E-state index in [9.17, 15) is 4.79 Å². The summed E-state index contributed by atoms with van der Waals surface area (Å²) in [5.74, 6) is 0.00362. The number of nitrogen functional groups attached to an aromatic ring is 1. The van der Waals surface area contributed by atoms with E-state index in [0.717, 1.165) is 5.39 Å². The van der Waals surface area contributed by atoms with E-state index in [1.165, 1.54) is 0 Å². The maximum Gasteiger partial charge on any atom is 0.273 e. The van der Waals surface area contributed by atoms with Gasteiger partial charge in [0.05, 0.1) is 18.7 Å². The Labute approximate surface area is 110 Å². The summed E-state index contributed by atoms with van der Waals surface area (Å²) in [6, 6.07) is 7.38. The van der Waals surface area contributed by atoms with Crippen LogP contribution in [0.4, 0.5) is 5.95 Å². The van der Waals surface area contributed by atoms with Crippen LogP contribution in [0.2, 0.25) is 0 Å². The van der Waals surface area contributed by atoms with Crippen molar-refractivity contribution < 1.29 is 9.53 Å². The van der Waals surface area contributed by atoms with Crippen molar-refractivity contribution in [3.8, 4) is 0 Å². The Hall–Kier alpha value is -2.21. The molecule has 1 amide bonds. The minimum atomic E-state index is -0.117. The molecule has 3 rings (SSSR count). The Bertz CT molecular complexity index is 623. The molecule has 98 valence electrons. The minimum absolute atomic E-state index is 0.117. The minimum Gasteiger partial charge on any atom is -0.378 e. The van der Waals surface area contributed by atoms with Gasteiger partial charge in [-0.15, -0.1) is 0 Å². The van der Waals surface area contributed by atoms with Crippen LogP contribution in [0.15, 0.2) is 24.3 Å². The first-order valence-electron chi connectivity index (χ1n) is 6.15. The van der Waals surface area contributed by atoms with Gasteiger partial charge in [0.25, 0.3) is 5.91 Å². The fourth-order valence-electron chi connectivity index (χ4n) is 2.17. The number of anilines is 1. The molecule has 2 aromatic rings. The van der Waals surface area contributed by atoms with Crippen LogP contribution in [0.3, 0.4) is 0 Å². The van der Waals surface area contributed by atoms with E-state index in [2.05, 4.69) is 9.97 Å². The van der Waals surface area contributed by atoms with Crippen molar-refractivity contribution in [1.29, 1.82) is 0 Å². The molecule has 1 saturated heterocycles. The molecule has 1 aliphatic heterocycles. The Balaban J connectivity index is 2.05. The first-order chi connectivity index (χ1) is 9.25. The van der Waals surface area contributed by atoms with Gasteiger partial charge in [0.15, 0.2) is 0 Å². The van der Waals surface area contributed by atoms with Crippen LogP contribution in [0.5, 0.6) is 0 Å². The molecule has 0 aliphatic carbocycles. The summed E-state index contributed by atoms with van der Waals surface area (Å²) in [4.78, 5) is 22.5. The molecule has 1 aliphatic rings. The highest BCUT2D eigenvalue weighted by molar-refractivity contribution is 6.04. The molecule has 1 fully saturated rings. The zero-order chi connectivity index (χ0) is 13.2. The fraction of sp³-hybridized carbons (Fsp3) is 0.308. The van der Waals surface area contributed by atoms with Gasteiger partial charge in [0, 0.05) is 18.5 Å². The van der Waals surface area contributed by atoms with Crippen molar-refractivity contribution in [1.82, 2.24) is 14.9 Å². The maximum atomic E-state index is 12.5. The number of fused-ring (bicyclic) bond motifs is 1. The maximum absolute atomic E-state index is 12.5. The molecule has 0 unspecified atom stereocenters. The Morgan fingerprint density at radius 1 is 1.21 bits per heavy atom. The second kappa shape index (κ2) is 4.81. The molecular weight excluding hydrogens is 244 g/mol. The second-order valence-electron chi connectivity index (χ2n) is 4.35. The van der Waals surface area contributed by atoms with Crippen LogP contribution in [-0.4, -0.2) is 47.1 Å². The zero-order valence-electron chi connectivity index (χ0n) is 10.4. The highest BCUT2D eigenvalue weighted by Gasteiger charge is 2.22. The molecule has 0 spiro atoms. The molecule has 2 N–H and O–H groups in total. The molecule has 2 heterocycles. The first-order valence-corrected chi connectivity index (χ1v) is 6.15. The predicted molar refractivity (Wildman–Crippen MR) is 70.7 cm³/mol. The third kappa shape index (κ3) is 2.22. The van der Waals surface area contributed by atoms with Crippen molar-refractivity contribution >= 4 is 22.8 Å².